The molecule has 3 rings (SSSR count). The second kappa shape index (κ2) is 9.91. The highest BCUT2D eigenvalue weighted by molar-refractivity contribution is 14.0. The summed E-state index contributed by atoms with van der Waals surface area (Å²) in [6.45, 7) is 5.52. The van der Waals surface area contributed by atoms with Crippen LogP contribution in [0.2, 0.25) is 0 Å². The van der Waals surface area contributed by atoms with Crippen molar-refractivity contribution in [2.24, 2.45) is 12.0 Å². The van der Waals surface area contributed by atoms with Crippen LogP contribution in [0.3, 0.4) is 0 Å². The minimum absolute atomic E-state index is 0. The summed E-state index contributed by atoms with van der Waals surface area (Å²) in [6, 6.07) is 4.32. The fourth-order valence-corrected chi connectivity index (χ4v) is 3.15. The van der Waals surface area contributed by atoms with E-state index in [2.05, 4.69) is 36.7 Å². The molecule has 0 amide bonds. The number of nitrogens with one attached hydrogen (secondary N) is 2. The highest BCUT2D eigenvalue weighted by Crippen LogP contribution is 2.26. The van der Waals surface area contributed by atoms with Crippen molar-refractivity contribution in [3.8, 4) is 0 Å². The van der Waals surface area contributed by atoms with Gasteiger partial charge in [-0.2, -0.15) is 5.10 Å². The number of furan rings is 1. The third-order valence-corrected chi connectivity index (χ3v) is 4.58. The van der Waals surface area contributed by atoms with Crippen LogP contribution in [0, 0.1) is 6.92 Å². The Morgan fingerprint density at radius 2 is 2.08 bits per heavy atom. The molecule has 1 saturated heterocycles. The van der Waals surface area contributed by atoms with Crippen LogP contribution >= 0.6 is 24.0 Å². The normalized spacial score (nSPS) is 16.3. The van der Waals surface area contributed by atoms with E-state index in [4.69, 9.17) is 4.42 Å². The topological polar surface area (TPSA) is 83.5 Å². The monoisotopic (exact) mass is 473 g/mol. The van der Waals surface area contributed by atoms with Crippen LogP contribution in [0.4, 0.5) is 0 Å². The van der Waals surface area contributed by atoms with Crippen molar-refractivity contribution in [1.29, 1.82) is 0 Å². The maximum Gasteiger partial charge on any atom is 0.191 e. The van der Waals surface area contributed by atoms with Crippen molar-refractivity contribution in [1.82, 2.24) is 30.3 Å². The van der Waals surface area contributed by atoms with Gasteiger partial charge in [0.25, 0.3) is 0 Å². The molecule has 8 nitrogen and oxygen atoms in total. The molecule has 2 aromatic rings. The second-order valence-electron chi connectivity index (χ2n) is 6.31. The van der Waals surface area contributed by atoms with Gasteiger partial charge in [-0.3, -0.25) is 14.6 Å². The van der Waals surface area contributed by atoms with Crippen LogP contribution in [0.5, 0.6) is 0 Å². The molecular formula is C17H28IN7O. The summed E-state index contributed by atoms with van der Waals surface area (Å²) in [5.41, 5.74) is 0. The van der Waals surface area contributed by atoms with Crippen molar-refractivity contribution in [2.75, 3.05) is 26.7 Å². The lowest BCUT2D eigenvalue weighted by Gasteiger charge is -2.26. The molecule has 2 aromatic heterocycles. The van der Waals surface area contributed by atoms with Gasteiger partial charge in [0.2, 0.25) is 0 Å². The fraction of sp³-hybridized carbons (Fsp3) is 0.588. The zero-order valence-corrected chi connectivity index (χ0v) is 17.9. The molecule has 0 aromatic carbocycles. The first-order chi connectivity index (χ1) is 12.2. The van der Waals surface area contributed by atoms with Crippen molar-refractivity contribution in [2.45, 2.75) is 32.4 Å². The van der Waals surface area contributed by atoms with E-state index in [1.54, 1.807) is 18.1 Å². The highest BCUT2D eigenvalue weighted by atomic mass is 127. The molecule has 1 fully saturated rings. The van der Waals surface area contributed by atoms with Crippen LogP contribution in [0.15, 0.2) is 27.9 Å². The number of hydrogen-bond donors (Lipinski definition) is 2. The largest absolute Gasteiger partial charge is 0.465 e. The number of rotatable bonds is 6. The molecule has 0 radical (unpaired) electrons. The molecule has 3 heterocycles. The average molecular weight is 473 g/mol. The predicted molar refractivity (Wildman–Crippen MR) is 112 cm³/mol. The summed E-state index contributed by atoms with van der Waals surface area (Å²) in [5.74, 6) is 3.57. The van der Waals surface area contributed by atoms with Crippen LogP contribution in [-0.4, -0.2) is 52.3 Å². The Hall–Kier alpha value is -1.62. The Bertz CT molecular complexity index is 706. The minimum atomic E-state index is 0. The average Bonchev–Trinajstić information content (AvgIpc) is 3.34. The van der Waals surface area contributed by atoms with E-state index < -0.39 is 0 Å². The van der Waals surface area contributed by atoms with Crippen molar-refractivity contribution in [3.05, 3.63) is 35.8 Å². The van der Waals surface area contributed by atoms with Gasteiger partial charge in [-0.1, -0.05) is 0 Å². The summed E-state index contributed by atoms with van der Waals surface area (Å²) in [7, 11) is 3.65. The zero-order valence-electron chi connectivity index (χ0n) is 15.6. The predicted octanol–water partition coefficient (Wildman–Crippen LogP) is 1.84. The van der Waals surface area contributed by atoms with Gasteiger partial charge in [-0.05, 0) is 45.0 Å². The van der Waals surface area contributed by atoms with Crippen molar-refractivity contribution in [3.63, 3.8) is 0 Å². The standard InChI is InChI=1S/C17H27N7O.HI/c1-13-6-7-15(25-13)14(24-8-4-5-9-24)10-19-17(18-2)20-11-16-21-12-22-23(16)3;/h6-7,12,14H,4-5,8-11H2,1-3H3,(H2,18,19,20);1H. The van der Waals surface area contributed by atoms with E-state index in [1.165, 1.54) is 12.8 Å². The number of likely N-dealkylation sites (tertiary alicyclic amines) is 1. The van der Waals surface area contributed by atoms with E-state index in [-0.39, 0.29) is 30.0 Å². The third kappa shape index (κ3) is 5.19. The van der Waals surface area contributed by atoms with Gasteiger partial charge < -0.3 is 15.1 Å². The number of aryl methyl sites for hydroxylation is 2. The summed E-state index contributed by atoms with van der Waals surface area (Å²) in [5, 5.41) is 10.8. The molecule has 2 N–H and O–H groups in total. The summed E-state index contributed by atoms with van der Waals surface area (Å²) >= 11 is 0. The maximum absolute atomic E-state index is 5.90. The van der Waals surface area contributed by atoms with Gasteiger partial charge in [0.15, 0.2) is 5.96 Å². The van der Waals surface area contributed by atoms with Crippen LogP contribution < -0.4 is 10.6 Å². The number of guanidine groups is 1. The van der Waals surface area contributed by atoms with Crippen molar-refractivity contribution < 1.29 is 4.42 Å². The number of nitrogens with zero attached hydrogens (tertiary/aromatic N) is 5. The molecule has 1 unspecified atom stereocenters. The Morgan fingerprint density at radius 3 is 2.65 bits per heavy atom. The highest BCUT2D eigenvalue weighted by Gasteiger charge is 2.26. The molecule has 1 aliphatic rings. The number of hydrogen-bond acceptors (Lipinski definition) is 5. The number of aliphatic imine (C=N–C) groups is 1. The summed E-state index contributed by atoms with van der Waals surface area (Å²) in [6.07, 6.45) is 4.04. The number of halogens is 1. The van der Waals surface area contributed by atoms with Gasteiger partial charge >= 0.3 is 0 Å². The van der Waals surface area contributed by atoms with E-state index >= 15 is 0 Å². The minimum Gasteiger partial charge on any atom is -0.465 e. The lowest BCUT2D eigenvalue weighted by molar-refractivity contribution is 0.213. The molecule has 9 heteroatoms. The molecule has 0 bridgehead atoms. The first-order valence-electron chi connectivity index (χ1n) is 8.75. The molecule has 26 heavy (non-hydrogen) atoms. The Labute approximate surface area is 171 Å². The molecule has 0 saturated carbocycles. The summed E-state index contributed by atoms with van der Waals surface area (Å²) < 4.78 is 7.64. The van der Waals surface area contributed by atoms with Gasteiger partial charge in [0, 0.05) is 20.6 Å². The SMILES string of the molecule is CN=C(NCc1ncnn1C)NCC(c1ccc(C)o1)N1CCCC1.I. The van der Waals surface area contributed by atoms with Gasteiger partial charge in [0.1, 0.15) is 23.7 Å². The molecule has 1 aliphatic heterocycles. The van der Waals surface area contributed by atoms with Gasteiger partial charge in [-0.25, -0.2) is 4.98 Å². The van der Waals surface area contributed by atoms with Gasteiger partial charge in [0.05, 0.1) is 12.6 Å². The Balaban J connectivity index is 0.00000243. The lowest BCUT2D eigenvalue weighted by Crippen LogP contribution is -2.42. The van der Waals surface area contributed by atoms with E-state index in [0.29, 0.717) is 6.54 Å². The van der Waals surface area contributed by atoms with Crippen LogP contribution in [0.1, 0.15) is 36.2 Å². The van der Waals surface area contributed by atoms with Crippen LogP contribution in [-0.2, 0) is 13.6 Å². The van der Waals surface area contributed by atoms with Gasteiger partial charge in [-0.15, -0.1) is 24.0 Å². The maximum atomic E-state index is 5.90. The zero-order chi connectivity index (χ0) is 17.6. The van der Waals surface area contributed by atoms with E-state index in [0.717, 1.165) is 42.9 Å². The summed E-state index contributed by atoms with van der Waals surface area (Å²) in [4.78, 5) is 11.0. The van der Waals surface area contributed by atoms with Crippen molar-refractivity contribution >= 4 is 29.9 Å². The first kappa shape index (κ1) is 20.7. The fourth-order valence-electron chi connectivity index (χ4n) is 3.15. The molecule has 0 aliphatic carbocycles. The second-order valence-corrected chi connectivity index (χ2v) is 6.31. The number of aromatic nitrogens is 3. The Morgan fingerprint density at radius 1 is 1.31 bits per heavy atom. The molecule has 1 atom stereocenters. The molecule has 0 spiro atoms. The molecular weight excluding hydrogens is 445 g/mol. The third-order valence-electron chi connectivity index (χ3n) is 4.58. The van der Waals surface area contributed by atoms with Crippen LogP contribution in [0.25, 0.3) is 0 Å². The quantitative estimate of drug-likeness (QED) is 0.379. The molecule has 144 valence electrons. The van der Waals surface area contributed by atoms with E-state index in [1.807, 2.05) is 20.0 Å². The van der Waals surface area contributed by atoms with E-state index in [9.17, 15) is 0 Å². The smallest absolute Gasteiger partial charge is 0.191 e. The Kier molecular flexibility index (Phi) is 7.88. The lowest BCUT2D eigenvalue weighted by atomic mass is 10.2. The first-order valence-corrected chi connectivity index (χ1v) is 8.75.